The summed E-state index contributed by atoms with van der Waals surface area (Å²) >= 11 is 0. The van der Waals surface area contributed by atoms with Gasteiger partial charge in [-0.15, -0.1) is 0 Å². The number of nitrogens with two attached hydrogens (primary N) is 1. The van der Waals surface area contributed by atoms with Crippen LogP contribution in [0, 0.1) is 6.92 Å². The maximum atomic E-state index is 12.4. The quantitative estimate of drug-likeness (QED) is 0.491. The molecule has 0 radical (unpaired) electrons. The fourth-order valence-corrected chi connectivity index (χ4v) is 2.61. The van der Waals surface area contributed by atoms with Crippen molar-refractivity contribution in [2.75, 3.05) is 7.05 Å². The highest BCUT2D eigenvalue weighted by Crippen LogP contribution is 2.20. The topological polar surface area (TPSA) is 109 Å². The number of aliphatic imine (C=N–C) groups is 1. The van der Waals surface area contributed by atoms with E-state index in [2.05, 4.69) is 20.6 Å². The molecule has 0 atom stereocenters. The van der Waals surface area contributed by atoms with Gasteiger partial charge < -0.3 is 11.1 Å². The molecule has 7 nitrogen and oxygen atoms in total. The maximum Gasteiger partial charge on any atom is 0.276 e. The lowest BCUT2D eigenvalue weighted by atomic mass is 10.1. The minimum atomic E-state index is -0.476. The zero-order valence-electron chi connectivity index (χ0n) is 15.0. The van der Waals surface area contributed by atoms with Crippen LogP contribution in [0.2, 0.25) is 0 Å². The molecular formula is C20H19N5O2. The van der Waals surface area contributed by atoms with E-state index in [1.54, 1.807) is 24.4 Å². The third-order valence-electron chi connectivity index (χ3n) is 3.97. The van der Waals surface area contributed by atoms with E-state index in [-0.39, 0.29) is 17.6 Å². The zero-order chi connectivity index (χ0) is 19.4. The maximum absolute atomic E-state index is 12.4. The Morgan fingerprint density at radius 1 is 1.04 bits per heavy atom. The highest BCUT2D eigenvalue weighted by molar-refractivity contribution is 6.07. The van der Waals surface area contributed by atoms with Crippen molar-refractivity contribution in [3.05, 3.63) is 71.5 Å². The Hall–Kier alpha value is -3.74. The van der Waals surface area contributed by atoms with Crippen molar-refractivity contribution in [2.24, 2.45) is 10.7 Å². The number of guanidine groups is 1. The number of hydrogen-bond acceptors (Lipinski definition) is 4. The van der Waals surface area contributed by atoms with Crippen LogP contribution in [0.1, 0.15) is 26.4 Å². The molecule has 1 aromatic heterocycles. The third kappa shape index (κ3) is 4.09. The molecule has 0 aliphatic carbocycles. The number of nitrogens with zero attached hydrogens (tertiary/aromatic N) is 2. The van der Waals surface area contributed by atoms with Crippen LogP contribution in [0.4, 0.5) is 5.69 Å². The number of rotatable bonds is 3. The summed E-state index contributed by atoms with van der Waals surface area (Å²) < 4.78 is 0. The Balaban J connectivity index is 1.84. The number of hydrogen-bond donors (Lipinski definition) is 3. The molecule has 0 fully saturated rings. The van der Waals surface area contributed by atoms with Crippen molar-refractivity contribution in [3.8, 4) is 0 Å². The zero-order valence-corrected chi connectivity index (χ0v) is 15.0. The number of fused-ring (bicyclic) bond motifs is 1. The van der Waals surface area contributed by atoms with E-state index in [0.29, 0.717) is 11.3 Å². The Morgan fingerprint density at radius 3 is 2.52 bits per heavy atom. The number of nitrogens with one attached hydrogen (secondary N) is 2. The number of carbonyl (C=O) groups excluding carboxylic acids is 2. The second kappa shape index (κ2) is 7.65. The van der Waals surface area contributed by atoms with Crippen LogP contribution in [0.3, 0.4) is 0 Å². The van der Waals surface area contributed by atoms with Gasteiger partial charge in [0.15, 0.2) is 0 Å². The van der Waals surface area contributed by atoms with Gasteiger partial charge in [-0.25, -0.2) is 4.99 Å². The van der Waals surface area contributed by atoms with Gasteiger partial charge in [0.25, 0.3) is 11.8 Å². The van der Waals surface area contributed by atoms with Gasteiger partial charge in [-0.2, -0.15) is 0 Å². The summed E-state index contributed by atoms with van der Waals surface area (Å²) in [4.78, 5) is 32.7. The van der Waals surface area contributed by atoms with E-state index >= 15 is 0 Å². The first-order valence-corrected chi connectivity index (χ1v) is 8.31. The van der Waals surface area contributed by atoms with Gasteiger partial charge in [-0.3, -0.25) is 19.9 Å². The van der Waals surface area contributed by atoms with E-state index in [9.17, 15) is 9.59 Å². The average molecular weight is 361 g/mol. The fraction of sp³-hybridized carbons (Fsp3) is 0.100. The van der Waals surface area contributed by atoms with Gasteiger partial charge in [0.1, 0.15) is 5.69 Å². The normalized spacial score (nSPS) is 11.3. The van der Waals surface area contributed by atoms with Crippen LogP contribution in [0.5, 0.6) is 0 Å². The van der Waals surface area contributed by atoms with Crippen molar-refractivity contribution < 1.29 is 9.59 Å². The first-order valence-electron chi connectivity index (χ1n) is 8.31. The van der Waals surface area contributed by atoms with Crippen LogP contribution in [0.15, 0.2) is 59.7 Å². The molecule has 0 saturated heterocycles. The Labute approximate surface area is 156 Å². The molecule has 0 aliphatic heterocycles. The summed E-state index contributed by atoms with van der Waals surface area (Å²) in [6.45, 7) is 1.87. The number of amides is 2. The van der Waals surface area contributed by atoms with E-state index < -0.39 is 5.91 Å². The first-order chi connectivity index (χ1) is 13.0. The summed E-state index contributed by atoms with van der Waals surface area (Å²) in [5.74, 6) is -0.882. The predicted molar refractivity (Wildman–Crippen MR) is 105 cm³/mol. The molecule has 4 N–H and O–H groups in total. The molecule has 7 heteroatoms. The van der Waals surface area contributed by atoms with E-state index in [0.717, 1.165) is 16.3 Å². The average Bonchev–Trinajstić information content (AvgIpc) is 2.68. The number of aryl methyl sites for hydroxylation is 1. The molecule has 0 bridgehead atoms. The van der Waals surface area contributed by atoms with Gasteiger partial charge in [0.2, 0.25) is 5.96 Å². The summed E-state index contributed by atoms with van der Waals surface area (Å²) in [7, 11) is 1.54. The van der Waals surface area contributed by atoms with Crippen molar-refractivity contribution in [3.63, 3.8) is 0 Å². The van der Waals surface area contributed by atoms with Gasteiger partial charge in [0, 0.05) is 18.6 Å². The van der Waals surface area contributed by atoms with Crippen LogP contribution in [-0.2, 0) is 0 Å². The van der Waals surface area contributed by atoms with Crippen molar-refractivity contribution >= 4 is 34.2 Å². The molecule has 3 rings (SSSR count). The third-order valence-corrected chi connectivity index (χ3v) is 3.97. The largest absolute Gasteiger partial charge is 0.369 e. The lowest BCUT2D eigenvalue weighted by Gasteiger charge is -2.08. The van der Waals surface area contributed by atoms with E-state index in [4.69, 9.17) is 5.73 Å². The summed E-state index contributed by atoms with van der Waals surface area (Å²) in [6.07, 6.45) is 1.63. The Kier molecular flexibility index (Phi) is 5.12. The predicted octanol–water partition coefficient (Wildman–Crippen LogP) is 2.28. The lowest BCUT2D eigenvalue weighted by molar-refractivity contribution is 0.0959. The number of aromatic nitrogens is 1. The molecule has 0 saturated carbocycles. The van der Waals surface area contributed by atoms with Gasteiger partial charge >= 0.3 is 0 Å². The van der Waals surface area contributed by atoms with Crippen molar-refractivity contribution in [2.45, 2.75) is 6.92 Å². The van der Waals surface area contributed by atoms with Gasteiger partial charge in [-0.05, 0) is 30.5 Å². The molecular weight excluding hydrogens is 342 g/mol. The molecule has 3 aromatic rings. The highest BCUT2D eigenvalue weighted by atomic mass is 16.2. The van der Waals surface area contributed by atoms with E-state index in [1.165, 1.54) is 7.05 Å². The second-order valence-electron chi connectivity index (χ2n) is 5.97. The second-order valence-corrected chi connectivity index (χ2v) is 5.97. The Bertz CT molecular complexity index is 1060. The fourth-order valence-electron chi connectivity index (χ4n) is 2.61. The molecule has 2 aromatic carbocycles. The van der Waals surface area contributed by atoms with Crippen molar-refractivity contribution in [1.29, 1.82) is 0 Å². The first kappa shape index (κ1) is 18.1. The molecule has 136 valence electrons. The summed E-state index contributed by atoms with van der Waals surface area (Å²) in [6, 6.07) is 14.5. The van der Waals surface area contributed by atoms with E-state index in [1.807, 2.05) is 37.3 Å². The lowest BCUT2D eigenvalue weighted by Crippen LogP contribution is -2.37. The Morgan fingerprint density at radius 2 is 1.78 bits per heavy atom. The highest BCUT2D eigenvalue weighted by Gasteiger charge is 2.13. The number of benzene rings is 2. The molecule has 2 amide bonds. The van der Waals surface area contributed by atoms with Crippen LogP contribution < -0.4 is 16.4 Å². The van der Waals surface area contributed by atoms with Crippen molar-refractivity contribution in [1.82, 2.24) is 15.6 Å². The van der Waals surface area contributed by atoms with Gasteiger partial charge in [-0.1, -0.05) is 35.9 Å². The minimum Gasteiger partial charge on any atom is -0.369 e. The standard InChI is InChI=1S/C20H19N5O2/c1-12-7-8-16(15(9-12)18(26)22-2)24-20(21)25-19(27)17-10-13-5-3-4-6-14(13)11-23-17/h3-11H,1-2H3,(H,22,26)(H3,21,24,25,27). The monoisotopic (exact) mass is 361 g/mol. The number of carbonyl (C=O) groups is 2. The summed E-state index contributed by atoms with van der Waals surface area (Å²) in [5, 5.41) is 6.89. The molecule has 0 spiro atoms. The summed E-state index contributed by atoms with van der Waals surface area (Å²) in [5.41, 5.74) is 7.74. The minimum absolute atomic E-state index is 0.121. The van der Waals surface area contributed by atoms with Crippen LogP contribution in [-0.4, -0.2) is 29.8 Å². The smallest absolute Gasteiger partial charge is 0.276 e. The van der Waals surface area contributed by atoms with Crippen LogP contribution in [0.25, 0.3) is 10.8 Å². The number of pyridine rings is 1. The van der Waals surface area contributed by atoms with Crippen LogP contribution >= 0.6 is 0 Å². The molecule has 0 unspecified atom stereocenters. The van der Waals surface area contributed by atoms with Gasteiger partial charge in [0.05, 0.1) is 11.3 Å². The SMILES string of the molecule is CNC(=O)c1cc(C)ccc1N=C(N)NC(=O)c1cc2ccccc2cn1. The molecule has 1 heterocycles. The molecule has 0 aliphatic rings. The molecule has 27 heavy (non-hydrogen) atoms.